The molecule has 0 aliphatic heterocycles. The third-order valence-corrected chi connectivity index (χ3v) is 3.36. The van der Waals surface area contributed by atoms with E-state index in [1.165, 1.54) is 17.4 Å². The summed E-state index contributed by atoms with van der Waals surface area (Å²) in [7, 11) is 1.75. The van der Waals surface area contributed by atoms with E-state index in [2.05, 4.69) is 0 Å². The van der Waals surface area contributed by atoms with Crippen LogP contribution in [0.4, 0.5) is 0 Å². The number of carbonyl (C=O) groups excluding carboxylic acids is 1. The normalized spacial score (nSPS) is 11.1. The minimum atomic E-state index is -0.995. The van der Waals surface area contributed by atoms with Gasteiger partial charge in [0.25, 0.3) is 5.91 Å². The van der Waals surface area contributed by atoms with E-state index in [4.69, 9.17) is 5.11 Å². The molecule has 0 spiro atoms. The van der Waals surface area contributed by atoms with Crippen LogP contribution in [0.3, 0.4) is 0 Å². The number of carbonyl (C=O) groups is 2. The van der Waals surface area contributed by atoms with Gasteiger partial charge in [0.05, 0.1) is 4.88 Å². The monoisotopic (exact) mass is 253 g/mol. The van der Waals surface area contributed by atoms with E-state index in [1.54, 1.807) is 24.1 Å². The Labute approximate surface area is 104 Å². The molecule has 0 aliphatic rings. The number of hydrogen-bond acceptors (Lipinski definition) is 3. The number of amides is 1. The Hall–Kier alpha value is -1.62. The Kier molecular flexibility index (Phi) is 4.45. The van der Waals surface area contributed by atoms with Gasteiger partial charge in [-0.1, -0.05) is 0 Å². The maximum atomic E-state index is 11.9. The largest absolute Gasteiger partial charge is 0.478 e. The first-order valence-corrected chi connectivity index (χ1v) is 6.01. The summed E-state index contributed by atoms with van der Waals surface area (Å²) in [6.07, 6.45) is 2.55. The molecule has 17 heavy (non-hydrogen) atoms. The summed E-state index contributed by atoms with van der Waals surface area (Å²) in [5, 5.41) is 8.49. The van der Waals surface area contributed by atoms with Crippen molar-refractivity contribution in [1.29, 1.82) is 0 Å². The third kappa shape index (κ3) is 3.71. The van der Waals surface area contributed by atoms with E-state index in [0.29, 0.717) is 4.88 Å². The van der Waals surface area contributed by atoms with Crippen LogP contribution >= 0.6 is 11.3 Å². The summed E-state index contributed by atoms with van der Waals surface area (Å²) >= 11 is 1.29. The van der Waals surface area contributed by atoms with E-state index in [9.17, 15) is 9.59 Å². The molecule has 0 aromatic carbocycles. The van der Waals surface area contributed by atoms with E-state index in [-0.39, 0.29) is 11.9 Å². The summed E-state index contributed by atoms with van der Waals surface area (Å²) in [5.74, 6) is -1.04. The van der Waals surface area contributed by atoms with Crippen molar-refractivity contribution in [3.8, 4) is 0 Å². The van der Waals surface area contributed by atoms with Crippen LogP contribution in [-0.2, 0) is 4.79 Å². The van der Waals surface area contributed by atoms with Crippen molar-refractivity contribution in [2.75, 3.05) is 7.05 Å². The van der Waals surface area contributed by atoms with Crippen molar-refractivity contribution >= 4 is 29.3 Å². The molecule has 0 saturated heterocycles. The SMILES string of the molecule is CC(C)N(C)C(=O)c1ccc(C=CC(=O)O)s1. The molecule has 0 unspecified atom stereocenters. The quantitative estimate of drug-likeness (QED) is 0.838. The van der Waals surface area contributed by atoms with Crippen molar-refractivity contribution in [2.45, 2.75) is 19.9 Å². The number of rotatable bonds is 4. The third-order valence-electron chi connectivity index (χ3n) is 2.32. The maximum absolute atomic E-state index is 11.9. The summed E-state index contributed by atoms with van der Waals surface area (Å²) in [5.41, 5.74) is 0. The van der Waals surface area contributed by atoms with Gasteiger partial charge in [0, 0.05) is 24.0 Å². The first kappa shape index (κ1) is 13.4. The minimum absolute atomic E-state index is 0.0417. The predicted octanol–water partition coefficient (Wildman–Crippen LogP) is 2.33. The van der Waals surface area contributed by atoms with Crippen molar-refractivity contribution in [1.82, 2.24) is 4.90 Å². The molecule has 92 valence electrons. The first-order chi connectivity index (χ1) is 7.91. The number of aliphatic carboxylic acids is 1. The van der Waals surface area contributed by atoms with Crippen molar-refractivity contribution < 1.29 is 14.7 Å². The fourth-order valence-electron chi connectivity index (χ4n) is 1.12. The summed E-state index contributed by atoms with van der Waals surface area (Å²) in [6, 6.07) is 3.60. The van der Waals surface area contributed by atoms with Crippen LogP contribution in [0.15, 0.2) is 18.2 Å². The van der Waals surface area contributed by atoms with Gasteiger partial charge in [-0.3, -0.25) is 4.79 Å². The summed E-state index contributed by atoms with van der Waals surface area (Å²) < 4.78 is 0. The van der Waals surface area contributed by atoms with Gasteiger partial charge in [-0.05, 0) is 32.1 Å². The van der Waals surface area contributed by atoms with E-state index in [1.807, 2.05) is 13.8 Å². The molecule has 0 bridgehead atoms. The van der Waals surface area contributed by atoms with Gasteiger partial charge in [0.2, 0.25) is 0 Å². The second kappa shape index (κ2) is 5.63. The zero-order valence-corrected chi connectivity index (χ0v) is 10.8. The Morgan fingerprint density at radius 3 is 2.59 bits per heavy atom. The molecule has 4 nitrogen and oxygen atoms in total. The molecule has 1 N–H and O–H groups in total. The molecular weight excluding hydrogens is 238 g/mol. The molecule has 0 saturated carbocycles. The lowest BCUT2D eigenvalue weighted by Gasteiger charge is -2.20. The topological polar surface area (TPSA) is 57.6 Å². The Bertz CT molecular complexity index is 448. The van der Waals surface area contributed by atoms with Crippen molar-refractivity contribution in [3.63, 3.8) is 0 Å². The fraction of sp³-hybridized carbons (Fsp3) is 0.333. The molecule has 0 radical (unpaired) electrons. The van der Waals surface area contributed by atoms with Crippen LogP contribution in [-0.4, -0.2) is 35.0 Å². The average Bonchev–Trinajstić information content (AvgIpc) is 2.72. The van der Waals surface area contributed by atoms with Gasteiger partial charge in [-0.15, -0.1) is 11.3 Å². The highest BCUT2D eigenvalue weighted by atomic mass is 32.1. The maximum Gasteiger partial charge on any atom is 0.328 e. The summed E-state index contributed by atoms with van der Waals surface area (Å²) in [4.78, 5) is 25.3. The predicted molar refractivity (Wildman–Crippen MR) is 68.2 cm³/mol. The van der Waals surface area contributed by atoms with Crippen LogP contribution in [0.5, 0.6) is 0 Å². The van der Waals surface area contributed by atoms with Crippen LogP contribution in [0.2, 0.25) is 0 Å². The van der Waals surface area contributed by atoms with Gasteiger partial charge in [-0.25, -0.2) is 4.79 Å². The molecule has 5 heteroatoms. The van der Waals surface area contributed by atoms with Crippen LogP contribution in [0, 0.1) is 0 Å². The van der Waals surface area contributed by atoms with E-state index >= 15 is 0 Å². The number of nitrogens with zero attached hydrogens (tertiary/aromatic N) is 1. The van der Waals surface area contributed by atoms with Gasteiger partial charge in [0.1, 0.15) is 0 Å². The highest BCUT2D eigenvalue weighted by molar-refractivity contribution is 7.14. The second-order valence-corrected chi connectivity index (χ2v) is 5.00. The van der Waals surface area contributed by atoms with Gasteiger partial charge in [-0.2, -0.15) is 0 Å². The lowest BCUT2D eigenvalue weighted by Crippen LogP contribution is -2.32. The summed E-state index contributed by atoms with van der Waals surface area (Å²) in [6.45, 7) is 3.88. The minimum Gasteiger partial charge on any atom is -0.478 e. The second-order valence-electron chi connectivity index (χ2n) is 3.88. The van der Waals surface area contributed by atoms with Gasteiger partial charge < -0.3 is 10.0 Å². The van der Waals surface area contributed by atoms with E-state index < -0.39 is 5.97 Å². The van der Waals surface area contributed by atoms with Crippen molar-refractivity contribution in [3.05, 3.63) is 28.0 Å². The molecular formula is C12H15NO3S. The molecule has 0 fully saturated rings. The number of carboxylic acids is 1. The number of thiophene rings is 1. The van der Waals surface area contributed by atoms with Gasteiger partial charge in [0.15, 0.2) is 0 Å². The molecule has 1 aromatic rings. The van der Waals surface area contributed by atoms with Crippen LogP contribution in [0.25, 0.3) is 6.08 Å². The smallest absolute Gasteiger partial charge is 0.328 e. The highest BCUT2D eigenvalue weighted by Gasteiger charge is 2.15. The van der Waals surface area contributed by atoms with Crippen molar-refractivity contribution in [2.24, 2.45) is 0 Å². The molecule has 1 amide bonds. The lowest BCUT2D eigenvalue weighted by atomic mass is 10.3. The zero-order chi connectivity index (χ0) is 13.0. The fourth-order valence-corrected chi connectivity index (χ4v) is 2.01. The molecule has 1 rings (SSSR count). The average molecular weight is 253 g/mol. The Balaban J connectivity index is 2.81. The Morgan fingerprint density at radius 1 is 1.41 bits per heavy atom. The standard InChI is InChI=1S/C12H15NO3S/c1-8(2)13(3)12(16)10-6-4-9(17-10)5-7-11(14)15/h4-8H,1-3H3,(H,14,15). The molecule has 0 aliphatic carbocycles. The first-order valence-electron chi connectivity index (χ1n) is 5.20. The van der Waals surface area contributed by atoms with Gasteiger partial charge >= 0.3 is 5.97 Å². The number of hydrogen-bond donors (Lipinski definition) is 1. The lowest BCUT2D eigenvalue weighted by molar-refractivity contribution is -0.131. The zero-order valence-electron chi connectivity index (χ0n) is 10.0. The highest BCUT2D eigenvalue weighted by Crippen LogP contribution is 2.20. The molecule has 1 heterocycles. The molecule has 1 aromatic heterocycles. The number of carboxylic acid groups (broad SMARTS) is 1. The molecule has 0 atom stereocenters. The Morgan fingerprint density at radius 2 is 2.06 bits per heavy atom. The van der Waals surface area contributed by atoms with Crippen LogP contribution < -0.4 is 0 Å². The van der Waals surface area contributed by atoms with E-state index in [0.717, 1.165) is 11.0 Å². The van der Waals surface area contributed by atoms with Crippen LogP contribution in [0.1, 0.15) is 28.4 Å².